The molecule has 0 aromatic heterocycles. The number of amides is 2. The molecule has 1 aliphatic carbocycles. The van der Waals surface area contributed by atoms with E-state index in [1.54, 1.807) is 6.92 Å². The third kappa shape index (κ3) is 5.65. The Kier molecular flexibility index (Phi) is 7.40. The second kappa shape index (κ2) is 10.5. The number of carbonyl (C=O) groups excluding carboxylic acids is 2. The first-order valence-electron chi connectivity index (χ1n) is 12.1. The number of nitrogens with zero attached hydrogens (tertiary/aromatic N) is 1. The van der Waals surface area contributed by atoms with Crippen molar-refractivity contribution in [3.63, 3.8) is 0 Å². The van der Waals surface area contributed by atoms with Crippen molar-refractivity contribution < 1.29 is 24.2 Å². The lowest BCUT2D eigenvalue weighted by Gasteiger charge is -2.41. The molecule has 4 rings (SSSR count). The van der Waals surface area contributed by atoms with Crippen LogP contribution in [-0.2, 0) is 14.3 Å². The number of hydrogen-bond donors (Lipinski definition) is 3. The van der Waals surface area contributed by atoms with Crippen LogP contribution in [0.25, 0.3) is 11.1 Å². The Hall–Kier alpha value is -3.39. The van der Waals surface area contributed by atoms with Crippen LogP contribution in [0.2, 0.25) is 0 Å². The third-order valence-electron chi connectivity index (χ3n) is 7.17. The van der Waals surface area contributed by atoms with Gasteiger partial charge in [0, 0.05) is 25.6 Å². The van der Waals surface area contributed by atoms with Gasteiger partial charge in [0.15, 0.2) is 0 Å². The Bertz CT molecular complexity index is 1050. The second-order valence-corrected chi connectivity index (χ2v) is 9.75. The molecule has 0 spiro atoms. The summed E-state index contributed by atoms with van der Waals surface area (Å²) in [5, 5.41) is 15.0. The smallest absolute Gasteiger partial charge is 0.407 e. The summed E-state index contributed by atoms with van der Waals surface area (Å²) in [5.41, 5.74) is 3.83. The van der Waals surface area contributed by atoms with E-state index in [0.717, 1.165) is 35.3 Å². The standard InChI is InChI=1S/C27H33N3O5/c1-18(25(33)29-27(15-24(31)32)11-13-30(2)14-12-27)16-28-26(34)35-17-23-21-9-5-3-7-19(21)20-8-4-6-10-22(20)23/h3-10,18,23H,11-17H2,1-2H3,(H,28,34)(H,29,33)(H,31,32). The molecule has 2 aromatic rings. The number of piperidine rings is 1. The Morgan fingerprint density at radius 3 is 2.20 bits per heavy atom. The average Bonchev–Trinajstić information content (AvgIpc) is 3.16. The second-order valence-electron chi connectivity index (χ2n) is 9.75. The maximum absolute atomic E-state index is 12.8. The molecule has 2 amide bonds. The normalized spacial score (nSPS) is 17.7. The van der Waals surface area contributed by atoms with E-state index in [4.69, 9.17) is 4.74 Å². The number of likely N-dealkylation sites (tertiary alicyclic amines) is 1. The Morgan fingerprint density at radius 1 is 1.06 bits per heavy atom. The van der Waals surface area contributed by atoms with Gasteiger partial charge in [0.1, 0.15) is 6.61 Å². The van der Waals surface area contributed by atoms with E-state index in [9.17, 15) is 19.5 Å². The zero-order valence-corrected chi connectivity index (χ0v) is 20.3. The lowest BCUT2D eigenvalue weighted by Crippen LogP contribution is -2.57. The topological polar surface area (TPSA) is 108 Å². The Morgan fingerprint density at radius 2 is 1.63 bits per heavy atom. The molecule has 8 nitrogen and oxygen atoms in total. The maximum atomic E-state index is 12.8. The first kappa shape index (κ1) is 24.7. The summed E-state index contributed by atoms with van der Waals surface area (Å²) in [6, 6.07) is 16.3. The fourth-order valence-corrected chi connectivity index (χ4v) is 5.05. The van der Waals surface area contributed by atoms with E-state index in [-0.39, 0.29) is 31.4 Å². The van der Waals surface area contributed by atoms with Crippen molar-refractivity contribution in [3.05, 3.63) is 59.7 Å². The van der Waals surface area contributed by atoms with Gasteiger partial charge in [-0.3, -0.25) is 9.59 Å². The van der Waals surface area contributed by atoms with Gasteiger partial charge in [-0.25, -0.2) is 4.79 Å². The zero-order valence-electron chi connectivity index (χ0n) is 20.3. The third-order valence-corrected chi connectivity index (χ3v) is 7.17. The minimum Gasteiger partial charge on any atom is -0.481 e. The number of hydrogen-bond acceptors (Lipinski definition) is 5. The molecule has 1 aliphatic heterocycles. The zero-order chi connectivity index (χ0) is 25.0. The fourth-order valence-electron chi connectivity index (χ4n) is 5.05. The maximum Gasteiger partial charge on any atom is 0.407 e. The molecule has 0 radical (unpaired) electrons. The van der Waals surface area contributed by atoms with Crippen molar-refractivity contribution >= 4 is 18.0 Å². The number of carboxylic acid groups (broad SMARTS) is 1. The summed E-state index contributed by atoms with van der Waals surface area (Å²) in [7, 11) is 1.98. The lowest BCUT2D eigenvalue weighted by molar-refractivity contribution is -0.140. The molecule has 186 valence electrons. The molecule has 2 aliphatic rings. The Labute approximate surface area is 205 Å². The van der Waals surface area contributed by atoms with Crippen LogP contribution in [0.1, 0.15) is 43.2 Å². The molecule has 2 aromatic carbocycles. The molecule has 1 fully saturated rings. The quantitative estimate of drug-likeness (QED) is 0.537. The highest BCUT2D eigenvalue weighted by Gasteiger charge is 2.38. The molecule has 1 unspecified atom stereocenters. The average molecular weight is 480 g/mol. The molecular formula is C27H33N3O5. The number of carboxylic acids is 1. The van der Waals surface area contributed by atoms with E-state index in [2.05, 4.69) is 39.8 Å². The molecule has 0 bridgehead atoms. The summed E-state index contributed by atoms with van der Waals surface area (Å²) in [6.45, 7) is 3.46. The highest BCUT2D eigenvalue weighted by atomic mass is 16.5. The van der Waals surface area contributed by atoms with Gasteiger partial charge in [-0.15, -0.1) is 0 Å². The first-order chi connectivity index (χ1) is 16.8. The molecule has 1 heterocycles. The Balaban J connectivity index is 1.29. The van der Waals surface area contributed by atoms with Crippen LogP contribution in [-0.4, -0.2) is 66.8 Å². The van der Waals surface area contributed by atoms with Crippen LogP contribution in [0.5, 0.6) is 0 Å². The van der Waals surface area contributed by atoms with Gasteiger partial charge in [0.2, 0.25) is 5.91 Å². The van der Waals surface area contributed by atoms with E-state index in [0.29, 0.717) is 12.8 Å². The van der Waals surface area contributed by atoms with Gasteiger partial charge in [-0.05, 0) is 42.1 Å². The van der Waals surface area contributed by atoms with Crippen molar-refractivity contribution in [1.29, 1.82) is 0 Å². The lowest BCUT2D eigenvalue weighted by atomic mass is 9.84. The van der Waals surface area contributed by atoms with Crippen LogP contribution < -0.4 is 10.6 Å². The van der Waals surface area contributed by atoms with E-state index >= 15 is 0 Å². The number of fused-ring (bicyclic) bond motifs is 3. The molecule has 1 atom stereocenters. The number of rotatable bonds is 8. The number of benzene rings is 2. The minimum atomic E-state index is -0.931. The number of ether oxygens (including phenoxy) is 1. The summed E-state index contributed by atoms with van der Waals surface area (Å²) < 4.78 is 5.54. The highest BCUT2D eigenvalue weighted by Crippen LogP contribution is 2.44. The molecule has 1 saturated heterocycles. The van der Waals surface area contributed by atoms with Crippen molar-refractivity contribution in [2.75, 3.05) is 33.3 Å². The van der Waals surface area contributed by atoms with Gasteiger partial charge < -0.3 is 25.4 Å². The fraction of sp³-hybridized carbons (Fsp3) is 0.444. The number of alkyl carbamates (subject to hydrolysis) is 1. The van der Waals surface area contributed by atoms with Gasteiger partial charge in [-0.1, -0.05) is 55.5 Å². The van der Waals surface area contributed by atoms with Crippen LogP contribution in [0.3, 0.4) is 0 Å². The first-order valence-corrected chi connectivity index (χ1v) is 12.1. The van der Waals surface area contributed by atoms with Crippen LogP contribution >= 0.6 is 0 Å². The van der Waals surface area contributed by atoms with E-state index < -0.39 is 23.5 Å². The summed E-state index contributed by atoms with van der Waals surface area (Å²) in [4.78, 5) is 38.8. The SMILES string of the molecule is CC(CNC(=O)OCC1c2ccccc2-c2ccccc21)C(=O)NC1(CC(=O)O)CCN(C)CC1. The van der Waals surface area contributed by atoms with Gasteiger partial charge in [-0.2, -0.15) is 0 Å². The van der Waals surface area contributed by atoms with Crippen LogP contribution in [0, 0.1) is 5.92 Å². The number of nitrogens with one attached hydrogen (secondary N) is 2. The molecule has 0 saturated carbocycles. The monoisotopic (exact) mass is 479 g/mol. The summed E-state index contributed by atoms with van der Waals surface area (Å²) in [6.07, 6.45) is 0.465. The summed E-state index contributed by atoms with van der Waals surface area (Å²) >= 11 is 0. The van der Waals surface area contributed by atoms with Crippen molar-refractivity contribution in [3.8, 4) is 11.1 Å². The van der Waals surface area contributed by atoms with Gasteiger partial charge in [0.25, 0.3) is 0 Å². The van der Waals surface area contributed by atoms with Gasteiger partial charge in [0.05, 0.1) is 17.9 Å². The molecular weight excluding hydrogens is 446 g/mol. The summed E-state index contributed by atoms with van der Waals surface area (Å²) in [5.74, 6) is -1.76. The molecule has 3 N–H and O–H groups in total. The molecule has 35 heavy (non-hydrogen) atoms. The minimum absolute atomic E-state index is 0.0332. The van der Waals surface area contributed by atoms with Crippen molar-refractivity contribution in [1.82, 2.24) is 15.5 Å². The number of aliphatic carboxylic acids is 1. The van der Waals surface area contributed by atoms with Crippen LogP contribution in [0.4, 0.5) is 4.79 Å². The largest absolute Gasteiger partial charge is 0.481 e. The number of carbonyl (C=O) groups is 3. The van der Waals surface area contributed by atoms with Gasteiger partial charge >= 0.3 is 12.1 Å². The van der Waals surface area contributed by atoms with Crippen molar-refractivity contribution in [2.45, 2.75) is 37.6 Å². The van der Waals surface area contributed by atoms with Crippen molar-refractivity contribution in [2.24, 2.45) is 5.92 Å². The predicted octanol–water partition coefficient (Wildman–Crippen LogP) is 3.22. The predicted molar refractivity (Wildman–Crippen MR) is 132 cm³/mol. The van der Waals surface area contributed by atoms with Crippen LogP contribution in [0.15, 0.2) is 48.5 Å². The highest BCUT2D eigenvalue weighted by molar-refractivity contribution is 5.81. The van der Waals surface area contributed by atoms with E-state index in [1.165, 1.54) is 0 Å². The van der Waals surface area contributed by atoms with E-state index in [1.807, 2.05) is 31.3 Å². The molecule has 8 heteroatoms.